The van der Waals surface area contributed by atoms with Crippen LogP contribution in [-0.2, 0) is 13.1 Å². The van der Waals surface area contributed by atoms with E-state index in [0.29, 0.717) is 37.4 Å². The Morgan fingerprint density at radius 2 is 1.97 bits per heavy atom. The van der Waals surface area contributed by atoms with Gasteiger partial charge in [0, 0.05) is 30.8 Å². The number of nitrogens with zero attached hydrogens (tertiary/aromatic N) is 5. The van der Waals surface area contributed by atoms with E-state index in [4.69, 9.17) is 0 Å². The maximum Gasteiger partial charge on any atom is 0.252 e. The molecule has 2 heterocycles. The molecule has 0 aliphatic rings. The van der Waals surface area contributed by atoms with Crippen LogP contribution in [0.25, 0.3) is 10.9 Å². The predicted molar refractivity (Wildman–Crippen MR) is 132 cm³/mol. The van der Waals surface area contributed by atoms with Gasteiger partial charge in [0.25, 0.3) is 5.56 Å². The lowest BCUT2D eigenvalue weighted by atomic mass is 10.1. The number of aliphatic hydroxyl groups excluding tert-OH is 1. The number of nitrogens with one attached hydrogen (secondary N) is 1. The van der Waals surface area contributed by atoms with Gasteiger partial charge in [0.2, 0.25) is 0 Å². The molecule has 2 aromatic carbocycles. The van der Waals surface area contributed by atoms with Crippen molar-refractivity contribution in [1.82, 2.24) is 30.1 Å². The monoisotopic (exact) mass is 478 g/mol. The van der Waals surface area contributed by atoms with Crippen LogP contribution >= 0.6 is 0 Å². The Kier molecular flexibility index (Phi) is 7.99. The number of aliphatic hydroxyl groups is 1. The third-order valence-corrected chi connectivity index (χ3v) is 6.16. The number of benzene rings is 2. The standard InChI is InChI=1S/C26H31FN6O2/c1-3-5-24(25-29-30-31-33(25)16-19-7-9-22(27)10-8-19)32(12-4-13-34)17-21-15-20-14-18(2)6-11-23(20)28-26(21)35/h6-11,14-15,24,34H,3-5,12-13,16-17H2,1-2H3,(H,28,35). The molecular formula is C26H31FN6O2. The summed E-state index contributed by atoms with van der Waals surface area (Å²) in [6.45, 7) is 5.55. The second-order valence-corrected chi connectivity index (χ2v) is 8.89. The minimum atomic E-state index is -0.291. The second kappa shape index (κ2) is 11.3. The molecule has 9 heteroatoms. The summed E-state index contributed by atoms with van der Waals surface area (Å²) >= 11 is 0. The molecular weight excluding hydrogens is 447 g/mol. The van der Waals surface area contributed by atoms with Gasteiger partial charge in [0.15, 0.2) is 5.82 Å². The van der Waals surface area contributed by atoms with Crippen molar-refractivity contribution in [3.8, 4) is 0 Å². The number of tetrazole rings is 1. The van der Waals surface area contributed by atoms with E-state index in [9.17, 15) is 14.3 Å². The fourth-order valence-electron chi connectivity index (χ4n) is 4.40. The van der Waals surface area contributed by atoms with Gasteiger partial charge in [-0.3, -0.25) is 9.69 Å². The third kappa shape index (κ3) is 5.98. The smallest absolute Gasteiger partial charge is 0.252 e. The number of aromatic nitrogens is 5. The number of rotatable bonds is 11. The molecule has 0 spiro atoms. The van der Waals surface area contributed by atoms with Crippen molar-refractivity contribution in [2.24, 2.45) is 0 Å². The van der Waals surface area contributed by atoms with Crippen molar-refractivity contribution in [1.29, 1.82) is 0 Å². The Morgan fingerprint density at radius 1 is 1.17 bits per heavy atom. The number of aromatic amines is 1. The average molecular weight is 479 g/mol. The molecule has 35 heavy (non-hydrogen) atoms. The Balaban J connectivity index is 1.67. The van der Waals surface area contributed by atoms with E-state index in [1.165, 1.54) is 12.1 Å². The number of aryl methyl sites for hydroxylation is 1. The zero-order valence-corrected chi connectivity index (χ0v) is 20.1. The summed E-state index contributed by atoms with van der Waals surface area (Å²) in [7, 11) is 0. The van der Waals surface area contributed by atoms with Crippen LogP contribution in [0.2, 0.25) is 0 Å². The Hall–Kier alpha value is -3.43. The fourth-order valence-corrected chi connectivity index (χ4v) is 4.40. The second-order valence-electron chi connectivity index (χ2n) is 8.89. The quantitative estimate of drug-likeness (QED) is 0.341. The summed E-state index contributed by atoms with van der Waals surface area (Å²) in [5, 5.41) is 23.0. The number of fused-ring (bicyclic) bond motifs is 1. The molecule has 2 N–H and O–H groups in total. The molecule has 0 amide bonds. The highest BCUT2D eigenvalue weighted by atomic mass is 19.1. The first kappa shape index (κ1) is 24.7. The molecule has 0 aliphatic heterocycles. The van der Waals surface area contributed by atoms with Gasteiger partial charge >= 0.3 is 0 Å². The van der Waals surface area contributed by atoms with Crippen LogP contribution in [0.4, 0.5) is 4.39 Å². The van der Waals surface area contributed by atoms with Gasteiger partial charge in [-0.05, 0) is 71.5 Å². The Bertz CT molecular complexity index is 1320. The van der Waals surface area contributed by atoms with E-state index in [1.807, 2.05) is 25.1 Å². The summed E-state index contributed by atoms with van der Waals surface area (Å²) in [4.78, 5) is 18.1. The molecule has 0 saturated heterocycles. The van der Waals surface area contributed by atoms with E-state index in [0.717, 1.165) is 34.9 Å². The van der Waals surface area contributed by atoms with E-state index < -0.39 is 0 Å². The minimum Gasteiger partial charge on any atom is -0.396 e. The van der Waals surface area contributed by atoms with E-state index in [2.05, 4.69) is 38.4 Å². The zero-order chi connectivity index (χ0) is 24.8. The van der Waals surface area contributed by atoms with Gasteiger partial charge < -0.3 is 10.1 Å². The van der Waals surface area contributed by atoms with Crippen molar-refractivity contribution < 1.29 is 9.50 Å². The minimum absolute atomic E-state index is 0.0448. The van der Waals surface area contributed by atoms with Crippen LogP contribution in [0, 0.1) is 12.7 Å². The lowest BCUT2D eigenvalue weighted by Crippen LogP contribution is -2.34. The first-order valence-corrected chi connectivity index (χ1v) is 12.0. The number of hydrogen-bond acceptors (Lipinski definition) is 6. The zero-order valence-electron chi connectivity index (χ0n) is 20.1. The Labute approximate surface area is 203 Å². The van der Waals surface area contributed by atoms with Gasteiger partial charge in [-0.1, -0.05) is 37.1 Å². The van der Waals surface area contributed by atoms with Gasteiger partial charge in [0.05, 0.1) is 12.6 Å². The topological polar surface area (TPSA) is 99.9 Å². The Morgan fingerprint density at radius 3 is 2.71 bits per heavy atom. The lowest BCUT2D eigenvalue weighted by molar-refractivity contribution is 0.148. The third-order valence-electron chi connectivity index (χ3n) is 6.16. The molecule has 0 aliphatic carbocycles. The van der Waals surface area contributed by atoms with Crippen LogP contribution in [0.1, 0.15) is 54.7 Å². The van der Waals surface area contributed by atoms with E-state index >= 15 is 0 Å². The summed E-state index contributed by atoms with van der Waals surface area (Å²) in [6.07, 6.45) is 2.22. The van der Waals surface area contributed by atoms with Crippen LogP contribution in [0.5, 0.6) is 0 Å². The van der Waals surface area contributed by atoms with Gasteiger partial charge in [-0.25, -0.2) is 9.07 Å². The summed E-state index contributed by atoms with van der Waals surface area (Å²) in [5.74, 6) is 0.391. The van der Waals surface area contributed by atoms with Gasteiger partial charge in [-0.2, -0.15) is 0 Å². The first-order valence-electron chi connectivity index (χ1n) is 12.0. The molecule has 0 bridgehead atoms. The summed E-state index contributed by atoms with van der Waals surface area (Å²) in [6, 6.07) is 14.0. The van der Waals surface area contributed by atoms with Crippen molar-refractivity contribution in [3.63, 3.8) is 0 Å². The highest BCUT2D eigenvalue weighted by Gasteiger charge is 2.26. The molecule has 0 saturated carbocycles. The SMILES string of the molecule is CCCC(c1nnnn1Cc1ccc(F)cc1)N(CCCO)Cc1cc2cc(C)ccc2[nH]c1=O. The van der Waals surface area contributed by atoms with Crippen molar-refractivity contribution in [2.45, 2.75) is 52.2 Å². The van der Waals surface area contributed by atoms with Gasteiger partial charge in [-0.15, -0.1) is 5.10 Å². The molecule has 2 aromatic heterocycles. The van der Waals surface area contributed by atoms with Crippen molar-refractivity contribution >= 4 is 10.9 Å². The van der Waals surface area contributed by atoms with E-state index in [-0.39, 0.29) is 24.0 Å². The molecule has 4 aromatic rings. The summed E-state index contributed by atoms with van der Waals surface area (Å²) < 4.78 is 15.1. The maximum atomic E-state index is 13.4. The molecule has 4 rings (SSSR count). The number of H-pyrrole nitrogens is 1. The van der Waals surface area contributed by atoms with Crippen LogP contribution in [0.15, 0.2) is 53.3 Å². The number of halogens is 1. The van der Waals surface area contributed by atoms with Crippen LogP contribution in [0.3, 0.4) is 0 Å². The molecule has 0 fully saturated rings. The van der Waals surface area contributed by atoms with Crippen molar-refractivity contribution in [2.75, 3.05) is 13.2 Å². The van der Waals surface area contributed by atoms with Crippen LogP contribution in [-0.4, -0.2) is 48.3 Å². The highest BCUT2D eigenvalue weighted by molar-refractivity contribution is 5.79. The van der Waals surface area contributed by atoms with Gasteiger partial charge in [0.1, 0.15) is 5.82 Å². The number of hydrogen-bond donors (Lipinski definition) is 2. The van der Waals surface area contributed by atoms with Crippen molar-refractivity contribution in [3.05, 3.63) is 87.2 Å². The lowest BCUT2D eigenvalue weighted by Gasteiger charge is -2.30. The summed E-state index contributed by atoms with van der Waals surface area (Å²) in [5.41, 5.74) is 3.34. The highest BCUT2D eigenvalue weighted by Crippen LogP contribution is 2.26. The molecule has 1 unspecified atom stereocenters. The largest absolute Gasteiger partial charge is 0.396 e. The maximum absolute atomic E-state index is 13.4. The fraction of sp³-hybridized carbons (Fsp3) is 0.385. The van der Waals surface area contributed by atoms with E-state index in [1.54, 1.807) is 16.8 Å². The molecule has 8 nitrogen and oxygen atoms in total. The van der Waals surface area contributed by atoms with Crippen LogP contribution < -0.4 is 5.56 Å². The average Bonchev–Trinajstić information content (AvgIpc) is 3.30. The molecule has 0 radical (unpaired) electrons. The molecule has 1 atom stereocenters. The molecule has 184 valence electrons. The number of pyridine rings is 1. The first-order chi connectivity index (χ1) is 17.0. The predicted octanol–water partition coefficient (Wildman–Crippen LogP) is 3.74. The normalized spacial score (nSPS) is 12.5.